The van der Waals surface area contributed by atoms with Gasteiger partial charge >= 0.3 is 5.97 Å². The molecule has 4 aliphatic heterocycles. The van der Waals surface area contributed by atoms with Crippen LogP contribution in [0.4, 0.5) is 5.69 Å². The highest BCUT2D eigenvalue weighted by Gasteiger charge is 2.73. The number of carbonyl (C=O) groups is 3. The van der Waals surface area contributed by atoms with Crippen LogP contribution in [0.15, 0.2) is 48.6 Å². The Hall–Kier alpha value is -2.29. The minimum Gasteiger partial charge on any atom is -0.465 e. The number of amides is 2. The van der Waals surface area contributed by atoms with Crippen LogP contribution in [-0.4, -0.2) is 69.6 Å². The number of nitrogens with zero attached hydrogens (tertiary/aromatic N) is 2. The highest BCUT2D eigenvalue weighted by molar-refractivity contribution is 8.02. The van der Waals surface area contributed by atoms with Gasteiger partial charge in [0.15, 0.2) is 0 Å². The van der Waals surface area contributed by atoms with Gasteiger partial charge in [-0.2, -0.15) is 0 Å². The number of aliphatic hydroxyl groups excluding tert-OH is 1. The smallest absolute Gasteiger partial charge is 0.311 e. The van der Waals surface area contributed by atoms with Crippen molar-refractivity contribution in [2.24, 2.45) is 11.8 Å². The molecule has 5 atom stereocenters. The molecule has 5 rings (SSSR count). The van der Waals surface area contributed by atoms with E-state index in [1.807, 2.05) is 25.2 Å². The monoisotopic (exact) mass is 530 g/mol. The molecule has 4 aliphatic rings. The van der Waals surface area contributed by atoms with Crippen LogP contribution in [0, 0.1) is 11.8 Å². The summed E-state index contributed by atoms with van der Waals surface area (Å²) in [6, 6.07) is 6.32. The highest BCUT2D eigenvalue weighted by Crippen LogP contribution is 2.65. The van der Waals surface area contributed by atoms with Crippen LogP contribution < -0.4 is 4.90 Å². The first kappa shape index (κ1) is 25.4. The molecule has 7 nitrogen and oxygen atoms in total. The van der Waals surface area contributed by atoms with E-state index in [0.29, 0.717) is 43.2 Å². The normalized spacial score (nSPS) is 34.8. The fraction of sp³-hybridized carbons (Fsp3) is 0.519. The fourth-order valence-electron chi connectivity index (χ4n) is 6.12. The Morgan fingerprint density at radius 2 is 1.86 bits per heavy atom. The molecule has 4 heterocycles. The molecule has 2 saturated heterocycles. The number of unbranched alkanes of at least 4 members (excludes halogenated alkanes) is 1. The molecule has 192 valence electrons. The summed E-state index contributed by atoms with van der Waals surface area (Å²) in [6.07, 6.45) is 10.7. The summed E-state index contributed by atoms with van der Waals surface area (Å²) in [5.41, 5.74) is 0.702. The zero-order chi connectivity index (χ0) is 25.5. The Morgan fingerprint density at radius 3 is 2.61 bits per heavy atom. The maximum absolute atomic E-state index is 14.3. The number of carbonyl (C=O) groups excluding carboxylic acids is 3. The average molecular weight is 531 g/mol. The van der Waals surface area contributed by atoms with Crippen LogP contribution in [0.1, 0.15) is 32.6 Å². The summed E-state index contributed by atoms with van der Waals surface area (Å²) in [4.78, 5) is 45.1. The van der Waals surface area contributed by atoms with Gasteiger partial charge in [0.05, 0.1) is 23.2 Å². The lowest BCUT2D eigenvalue weighted by Gasteiger charge is -2.37. The van der Waals surface area contributed by atoms with Crippen LogP contribution in [0.25, 0.3) is 0 Å². The van der Waals surface area contributed by atoms with Crippen molar-refractivity contribution in [3.63, 3.8) is 0 Å². The van der Waals surface area contributed by atoms with Crippen molar-refractivity contribution in [2.75, 3.05) is 31.2 Å². The van der Waals surface area contributed by atoms with Crippen LogP contribution in [0.3, 0.4) is 0 Å². The molecule has 0 saturated carbocycles. The minimum absolute atomic E-state index is 0.0125. The fourth-order valence-corrected chi connectivity index (χ4v) is 8.40. The molecular weight excluding hydrogens is 500 g/mol. The number of fused-ring (bicyclic) bond motifs is 2. The lowest BCUT2D eigenvalue weighted by molar-refractivity contribution is -0.154. The molecule has 1 N–H and O–H groups in total. The van der Waals surface area contributed by atoms with E-state index in [1.165, 1.54) is 0 Å². The number of aliphatic hydroxyl groups is 1. The molecule has 36 heavy (non-hydrogen) atoms. The molecular formula is C27H31ClN2O5S. The Kier molecular flexibility index (Phi) is 6.96. The lowest BCUT2D eigenvalue weighted by Crippen LogP contribution is -2.53. The van der Waals surface area contributed by atoms with E-state index < -0.39 is 27.4 Å². The topological polar surface area (TPSA) is 87.1 Å². The summed E-state index contributed by atoms with van der Waals surface area (Å²) in [7, 11) is 0. The average Bonchev–Trinajstić information content (AvgIpc) is 3.19. The van der Waals surface area contributed by atoms with Crippen molar-refractivity contribution in [2.45, 2.75) is 48.1 Å². The Morgan fingerprint density at radius 1 is 1.08 bits per heavy atom. The molecule has 1 aromatic rings. The van der Waals surface area contributed by atoms with Crippen LogP contribution in [0.2, 0.25) is 5.02 Å². The van der Waals surface area contributed by atoms with E-state index >= 15 is 0 Å². The second kappa shape index (κ2) is 9.88. The largest absolute Gasteiger partial charge is 0.465 e. The molecule has 2 fully saturated rings. The molecule has 0 radical (unpaired) electrons. The van der Waals surface area contributed by atoms with Crippen molar-refractivity contribution in [1.29, 1.82) is 0 Å². The molecule has 0 aliphatic carbocycles. The maximum Gasteiger partial charge on any atom is 0.311 e. The van der Waals surface area contributed by atoms with E-state index in [2.05, 4.69) is 6.08 Å². The van der Waals surface area contributed by atoms with Crippen LogP contribution in [-0.2, 0) is 19.1 Å². The van der Waals surface area contributed by atoms with E-state index in [9.17, 15) is 19.5 Å². The van der Waals surface area contributed by atoms with E-state index in [1.54, 1.807) is 45.8 Å². The molecule has 0 bridgehead atoms. The number of thioether (sulfide) groups is 1. The molecule has 1 spiro atoms. The molecule has 1 unspecified atom stereocenters. The minimum atomic E-state index is -0.906. The molecule has 2 amide bonds. The van der Waals surface area contributed by atoms with Gasteiger partial charge in [-0.3, -0.25) is 14.4 Å². The highest BCUT2D eigenvalue weighted by atomic mass is 35.5. The predicted molar refractivity (Wildman–Crippen MR) is 140 cm³/mol. The zero-order valence-corrected chi connectivity index (χ0v) is 21.8. The number of hydrogen-bond donors (Lipinski definition) is 1. The van der Waals surface area contributed by atoms with Gasteiger partial charge in [0, 0.05) is 35.2 Å². The van der Waals surface area contributed by atoms with Crippen LogP contribution >= 0.6 is 23.4 Å². The first-order valence-corrected chi connectivity index (χ1v) is 13.7. The van der Waals surface area contributed by atoms with Gasteiger partial charge in [0.25, 0.3) is 5.91 Å². The predicted octanol–water partition coefficient (Wildman–Crippen LogP) is 3.60. The van der Waals surface area contributed by atoms with Crippen molar-refractivity contribution in [3.05, 3.63) is 53.6 Å². The lowest BCUT2D eigenvalue weighted by atomic mass is 9.74. The van der Waals surface area contributed by atoms with Crippen LogP contribution in [0.5, 0.6) is 0 Å². The molecule has 0 aromatic heterocycles. The summed E-state index contributed by atoms with van der Waals surface area (Å²) in [5.74, 6) is -2.16. The van der Waals surface area contributed by atoms with Gasteiger partial charge in [0.1, 0.15) is 6.04 Å². The van der Waals surface area contributed by atoms with Crippen molar-refractivity contribution >= 4 is 46.8 Å². The number of halogens is 1. The van der Waals surface area contributed by atoms with E-state index in [4.69, 9.17) is 16.3 Å². The number of benzene rings is 1. The SMILES string of the molecule is C[C@]12/C=C\CCCOC(=O)[C@H]1[C@H]1C(=O)N(CCCCO)C3C(=O)N(c4ccc(Cl)cc4)CC=C[C@@]31S2. The first-order chi connectivity index (χ1) is 17.3. The Balaban J connectivity index is 1.61. The second-order valence-electron chi connectivity index (χ2n) is 10.00. The van der Waals surface area contributed by atoms with Gasteiger partial charge in [-0.15, -0.1) is 11.8 Å². The number of rotatable bonds is 5. The molecule has 1 aromatic carbocycles. The van der Waals surface area contributed by atoms with Gasteiger partial charge in [-0.1, -0.05) is 35.9 Å². The van der Waals surface area contributed by atoms with Crippen molar-refractivity contribution in [3.8, 4) is 0 Å². The Bertz CT molecular complexity index is 1110. The Labute approximate surface area is 220 Å². The van der Waals surface area contributed by atoms with Crippen molar-refractivity contribution in [1.82, 2.24) is 4.90 Å². The van der Waals surface area contributed by atoms with E-state index in [-0.39, 0.29) is 24.4 Å². The zero-order valence-electron chi connectivity index (χ0n) is 20.3. The third kappa shape index (κ3) is 4.07. The number of anilines is 1. The summed E-state index contributed by atoms with van der Waals surface area (Å²) in [5, 5.41) is 9.92. The third-order valence-electron chi connectivity index (χ3n) is 7.70. The first-order valence-electron chi connectivity index (χ1n) is 12.5. The van der Waals surface area contributed by atoms with E-state index in [0.717, 1.165) is 12.8 Å². The number of cyclic esters (lactones) is 1. The maximum atomic E-state index is 14.3. The molecule has 9 heteroatoms. The quantitative estimate of drug-likeness (QED) is 0.355. The third-order valence-corrected chi connectivity index (χ3v) is 9.74. The number of hydrogen-bond acceptors (Lipinski definition) is 6. The summed E-state index contributed by atoms with van der Waals surface area (Å²) < 4.78 is 4.05. The number of likely N-dealkylation sites (tertiary alicyclic amines) is 1. The number of allylic oxidation sites excluding steroid dienone is 1. The number of esters is 1. The van der Waals surface area contributed by atoms with Gasteiger partial charge in [0.2, 0.25) is 5.91 Å². The standard InChI is InChI=1S/C27H31ClN2O5S/c1-26-12-3-2-6-17-35-25(34)21(26)20-23(32)30(14-4-5-16-31)22-24(33)29(15-7-13-27(20,22)36-26)19-10-8-18(28)9-11-19/h3,7-13,20-22,31H,2,4-6,14-17H2,1H3/b12-3-/t20-,21+,22?,26-,27-/m0/s1. The second-order valence-corrected chi connectivity index (χ2v) is 12.2. The number of ether oxygens (including phenoxy) is 1. The van der Waals surface area contributed by atoms with Gasteiger partial charge in [-0.05, 0) is 56.9 Å². The van der Waals surface area contributed by atoms with Gasteiger partial charge < -0.3 is 19.6 Å². The van der Waals surface area contributed by atoms with Crippen molar-refractivity contribution < 1.29 is 24.2 Å². The summed E-state index contributed by atoms with van der Waals surface area (Å²) >= 11 is 7.63. The van der Waals surface area contributed by atoms with Gasteiger partial charge in [-0.25, -0.2) is 0 Å². The summed E-state index contributed by atoms with van der Waals surface area (Å²) in [6.45, 7) is 3.01.